The average Bonchev–Trinajstić information content (AvgIpc) is 2.45. The normalized spacial score (nSPS) is 9.74. The fourth-order valence-electron chi connectivity index (χ4n) is 1.61. The van der Waals surface area contributed by atoms with E-state index in [1.807, 2.05) is 13.1 Å². The van der Waals surface area contributed by atoms with Crippen LogP contribution in [0.5, 0.6) is 0 Å². The summed E-state index contributed by atoms with van der Waals surface area (Å²) >= 11 is 0. The second-order valence-corrected chi connectivity index (χ2v) is 3.84. The highest BCUT2D eigenvalue weighted by atomic mass is 15.3. The molecule has 96 valence electrons. The second-order valence-electron chi connectivity index (χ2n) is 3.84. The number of aromatic nitrogens is 2. The van der Waals surface area contributed by atoms with Crippen LogP contribution in [0.25, 0.3) is 0 Å². The molecule has 0 aliphatic heterocycles. The molecule has 0 aliphatic rings. The first kappa shape index (κ1) is 12.6. The van der Waals surface area contributed by atoms with Gasteiger partial charge in [-0.05, 0) is 18.2 Å². The average molecular weight is 255 g/mol. The fraction of sp³-hybridized carbons (Fsp3) is 0.0833. The predicted molar refractivity (Wildman–Crippen MR) is 73.5 cm³/mol. The third kappa shape index (κ3) is 2.70. The van der Waals surface area contributed by atoms with Crippen LogP contribution in [0.2, 0.25) is 0 Å². The Morgan fingerprint density at radius 3 is 2.79 bits per heavy atom. The molecule has 19 heavy (non-hydrogen) atoms. The summed E-state index contributed by atoms with van der Waals surface area (Å²) in [7, 11) is 1.82. The molecule has 2 aromatic rings. The first-order chi connectivity index (χ1) is 9.13. The number of benzene rings is 1. The Labute approximate surface area is 110 Å². The molecular weight excluding hydrogens is 242 g/mol. The van der Waals surface area contributed by atoms with Crippen LogP contribution in [-0.4, -0.2) is 17.0 Å². The van der Waals surface area contributed by atoms with Crippen molar-refractivity contribution < 1.29 is 0 Å². The Bertz CT molecular complexity index is 632. The summed E-state index contributed by atoms with van der Waals surface area (Å²) in [6, 6.07) is 10.9. The maximum Gasteiger partial charge on any atom is 0.224 e. The highest BCUT2D eigenvalue weighted by Gasteiger charge is 2.09. The molecule has 0 atom stereocenters. The van der Waals surface area contributed by atoms with Crippen molar-refractivity contribution in [3.63, 3.8) is 0 Å². The maximum atomic E-state index is 8.90. The van der Waals surface area contributed by atoms with Gasteiger partial charge in [0.15, 0.2) is 0 Å². The summed E-state index contributed by atoms with van der Waals surface area (Å²) in [6.45, 7) is 0. The number of nitrogens with one attached hydrogen (secondary N) is 1. The lowest BCUT2D eigenvalue weighted by Gasteiger charge is -2.19. The van der Waals surface area contributed by atoms with Gasteiger partial charge in [-0.1, -0.05) is 6.07 Å². The van der Waals surface area contributed by atoms with Crippen LogP contribution in [-0.2, 0) is 0 Å². The van der Waals surface area contributed by atoms with Gasteiger partial charge in [0.05, 0.1) is 11.6 Å². The second kappa shape index (κ2) is 5.20. The molecule has 0 radical (unpaired) electrons. The van der Waals surface area contributed by atoms with Crippen molar-refractivity contribution in [2.45, 2.75) is 0 Å². The molecule has 0 saturated carbocycles. The molecule has 0 bridgehead atoms. The zero-order valence-corrected chi connectivity index (χ0v) is 10.3. The first-order valence-electron chi connectivity index (χ1n) is 5.49. The molecule has 0 spiro atoms. The van der Waals surface area contributed by atoms with Gasteiger partial charge in [0, 0.05) is 18.8 Å². The van der Waals surface area contributed by atoms with E-state index in [0.29, 0.717) is 17.2 Å². The molecule has 2 rings (SSSR count). The smallest absolute Gasteiger partial charge is 0.224 e. The number of anilines is 4. The van der Waals surface area contributed by atoms with Gasteiger partial charge in [0.25, 0.3) is 0 Å². The number of hydrogen-bond acceptors (Lipinski definition) is 7. The number of hydrogen-bond donors (Lipinski definition) is 3. The van der Waals surface area contributed by atoms with Crippen LogP contribution in [0.1, 0.15) is 5.56 Å². The molecule has 1 heterocycles. The van der Waals surface area contributed by atoms with E-state index in [2.05, 4.69) is 21.5 Å². The number of rotatable bonds is 3. The molecule has 7 nitrogen and oxygen atoms in total. The van der Waals surface area contributed by atoms with Crippen LogP contribution in [0.15, 0.2) is 30.3 Å². The summed E-state index contributed by atoms with van der Waals surface area (Å²) in [5.41, 5.74) is 9.43. The summed E-state index contributed by atoms with van der Waals surface area (Å²) in [5, 5.41) is 8.90. The summed E-state index contributed by atoms with van der Waals surface area (Å²) in [6.07, 6.45) is 0. The van der Waals surface area contributed by atoms with E-state index < -0.39 is 0 Å². The van der Waals surface area contributed by atoms with Crippen LogP contribution in [0.3, 0.4) is 0 Å². The molecule has 7 heteroatoms. The van der Waals surface area contributed by atoms with E-state index in [1.165, 1.54) is 0 Å². The van der Waals surface area contributed by atoms with E-state index in [1.54, 1.807) is 29.2 Å². The quantitative estimate of drug-likeness (QED) is 0.552. The van der Waals surface area contributed by atoms with Crippen molar-refractivity contribution >= 4 is 23.3 Å². The van der Waals surface area contributed by atoms with Crippen molar-refractivity contribution in [1.82, 2.24) is 9.97 Å². The predicted octanol–water partition coefficient (Wildman–Crippen LogP) is 0.984. The lowest BCUT2D eigenvalue weighted by Crippen LogP contribution is -2.15. The van der Waals surface area contributed by atoms with E-state index in [-0.39, 0.29) is 5.95 Å². The standard InChI is InChI=1S/C12H13N7/c1-19(9-4-2-3-8(5-9)7-13)11-6-10(18-15)16-12(14)17-11/h2-6H,15H2,1H3,(H3,14,16,17,18). The highest BCUT2D eigenvalue weighted by molar-refractivity contribution is 5.64. The zero-order chi connectivity index (χ0) is 13.8. The number of nitrogens with zero attached hydrogens (tertiary/aromatic N) is 4. The summed E-state index contributed by atoms with van der Waals surface area (Å²) in [4.78, 5) is 9.83. The number of hydrazine groups is 1. The zero-order valence-electron chi connectivity index (χ0n) is 10.3. The number of nitrogens with two attached hydrogens (primary N) is 2. The minimum atomic E-state index is 0.119. The molecular formula is C12H13N7. The molecule has 0 fully saturated rings. The molecule has 5 N–H and O–H groups in total. The van der Waals surface area contributed by atoms with Gasteiger partial charge in [0.2, 0.25) is 5.95 Å². The topological polar surface area (TPSA) is 117 Å². The molecule has 1 aromatic carbocycles. The molecule has 0 saturated heterocycles. The van der Waals surface area contributed by atoms with Crippen molar-refractivity contribution in [2.24, 2.45) is 5.84 Å². The molecule has 0 unspecified atom stereocenters. The Morgan fingerprint density at radius 1 is 1.32 bits per heavy atom. The van der Waals surface area contributed by atoms with Crippen LogP contribution in [0.4, 0.5) is 23.3 Å². The SMILES string of the molecule is CN(c1cccc(C#N)c1)c1cc(NN)nc(N)n1. The van der Waals surface area contributed by atoms with Gasteiger partial charge < -0.3 is 16.1 Å². The van der Waals surface area contributed by atoms with Gasteiger partial charge in [-0.2, -0.15) is 15.2 Å². The lowest BCUT2D eigenvalue weighted by molar-refractivity contribution is 1.08. The van der Waals surface area contributed by atoms with E-state index in [9.17, 15) is 0 Å². The third-order valence-corrected chi connectivity index (χ3v) is 2.58. The van der Waals surface area contributed by atoms with Gasteiger partial charge in [0.1, 0.15) is 11.6 Å². The maximum absolute atomic E-state index is 8.90. The Hall–Kier alpha value is -2.85. The van der Waals surface area contributed by atoms with Crippen molar-refractivity contribution in [1.29, 1.82) is 5.26 Å². The Balaban J connectivity index is 2.40. The highest BCUT2D eigenvalue weighted by Crippen LogP contribution is 2.24. The minimum Gasteiger partial charge on any atom is -0.368 e. The van der Waals surface area contributed by atoms with E-state index in [0.717, 1.165) is 5.69 Å². The largest absolute Gasteiger partial charge is 0.368 e. The van der Waals surface area contributed by atoms with Crippen molar-refractivity contribution in [3.8, 4) is 6.07 Å². The Kier molecular flexibility index (Phi) is 3.45. The van der Waals surface area contributed by atoms with Gasteiger partial charge >= 0.3 is 0 Å². The number of nitrogen functional groups attached to an aromatic ring is 2. The van der Waals surface area contributed by atoms with E-state index >= 15 is 0 Å². The van der Waals surface area contributed by atoms with Crippen molar-refractivity contribution in [3.05, 3.63) is 35.9 Å². The van der Waals surface area contributed by atoms with Gasteiger partial charge in [-0.3, -0.25) is 0 Å². The molecule has 0 amide bonds. The molecule has 1 aromatic heterocycles. The van der Waals surface area contributed by atoms with E-state index in [4.69, 9.17) is 16.8 Å². The fourth-order valence-corrected chi connectivity index (χ4v) is 1.61. The monoisotopic (exact) mass is 255 g/mol. The summed E-state index contributed by atoms with van der Waals surface area (Å²) < 4.78 is 0. The first-order valence-corrected chi connectivity index (χ1v) is 5.49. The van der Waals surface area contributed by atoms with Gasteiger partial charge in [-0.15, -0.1) is 0 Å². The van der Waals surface area contributed by atoms with Crippen molar-refractivity contribution in [2.75, 3.05) is 23.1 Å². The van der Waals surface area contributed by atoms with Gasteiger partial charge in [-0.25, -0.2) is 5.84 Å². The minimum absolute atomic E-state index is 0.119. The number of nitriles is 1. The third-order valence-electron chi connectivity index (χ3n) is 2.58. The molecule has 0 aliphatic carbocycles. The van der Waals surface area contributed by atoms with Crippen LogP contribution in [0, 0.1) is 11.3 Å². The van der Waals surface area contributed by atoms with Crippen LogP contribution < -0.4 is 21.9 Å². The Morgan fingerprint density at radius 2 is 2.11 bits per heavy atom. The lowest BCUT2D eigenvalue weighted by atomic mass is 10.2. The van der Waals surface area contributed by atoms with Crippen LogP contribution >= 0.6 is 0 Å². The summed E-state index contributed by atoms with van der Waals surface area (Å²) in [5.74, 6) is 6.44.